The first kappa shape index (κ1) is 21.9. The van der Waals surface area contributed by atoms with E-state index >= 15 is 0 Å². The van der Waals surface area contributed by atoms with Crippen LogP contribution in [-0.4, -0.2) is 31.6 Å². The van der Waals surface area contributed by atoms with Gasteiger partial charge in [-0.3, -0.25) is 20.4 Å². The van der Waals surface area contributed by atoms with E-state index in [0.29, 0.717) is 0 Å². The van der Waals surface area contributed by atoms with Crippen LogP contribution in [0.1, 0.15) is 29.8 Å². The van der Waals surface area contributed by atoms with Gasteiger partial charge in [-0.15, -0.1) is 0 Å². The molecule has 0 heterocycles. The van der Waals surface area contributed by atoms with Crippen molar-refractivity contribution in [2.24, 2.45) is 5.92 Å². The van der Waals surface area contributed by atoms with Gasteiger partial charge in [-0.2, -0.15) is 4.31 Å². The van der Waals surface area contributed by atoms with E-state index in [4.69, 9.17) is 11.6 Å². The van der Waals surface area contributed by atoms with Crippen LogP contribution in [0.4, 0.5) is 0 Å². The maximum absolute atomic E-state index is 12.9. The Morgan fingerprint density at radius 2 is 1.71 bits per heavy atom. The highest BCUT2D eigenvalue weighted by Gasteiger charge is 2.23. The molecule has 2 aromatic carbocycles. The molecule has 7 nitrogen and oxygen atoms in total. The van der Waals surface area contributed by atoms with Gasteiger partial charge >= 0.3 is 0 Å². The van der Waals surface area contributed by atoms with Crippen LogP contribution in [0.15, 0.2) is 53.4 Å². The quantitative estimate of drug-likeness (QED) is 0.698. The van der Waals surface area contributed by atoms with Gasteiger partial charge in [0.05, 0.1) is 15.5 Å². The second-order valence-electron chi connectivity index (χ2n) is 6.49. The van der Waals surface area contributed by atoms with Crippen LogP contribution in [0.3, 0.4) is 0 Å². The number of carbonyl (C=O) groups is 2. The molecule has 2 N–H and O–H groups in total. The Kier molecular flexibility index (Phi) is 7.17. The molecule has 0 aromatic heterocycles. The summed E-state index contributed by atoms with van der Waals surface area (Å²) in [6.07, 6.45) is 0. The minimum atomic E-state index is -3.85. The van der Waals surface area contributed by atoms with Crippen LogP contribution >= 0.6 is 11.6 Å². The molecule has 0 atom stereocenters. The summed E-state index contributed by atoms with van der Waals surface area (Å²) in [5, 5.41) is 0.0703. The van der Waals surface area contributed by atoms with Crippen molar-refractivity contribution in [1.82, 2.24) is 15.2 Å². The lowest BCUT2D eigenvalue weighted by Crippen LogP contribution is -2.43. The lowest BCUT2D eigenvalue weighted by atomic mass is 10.2. The van der Waals surface area contributed by atoms with Crippen LogP contribution in [0.25, 0.3) is 0 Å². The zero-order chi connectivity index (χ0) is 20.9. The second kappa shape index (κ2) is 9.18. The van der Waals surface area contributed by atoms with E-state index < -0.39 is 15.9 Å². The fourth-order valence-corrected chi connectivity index (χ4v) is 3.66. The highest BCUT2D eigenvalue weighted by molar-refractivity contribution is 7.89. The highest BCUT2D eigenvalue weighted by Crippen LogP contribution is 2.23. The highest BCUT2D eigenvalue weighted by atomic mass is 35.5. The maximum atomic E-state index is 12.9. The predicted octanol–water partition coefficient (Wildman–Crippen LogP) is 2.58. The Hall–Kier alpha value is -2.42. The molecule has 150 valence electrons. The first-order valence-corrected chi connectivity index (χ1v) is 10.3. The molecule has 0 saturated heterocycles. The van der Waals surface area contributed by atoms with Gasteiger partial charge in [-0.25, -0.2) is 8.42 Å². The number of sulfonamides is 1. The van der Waals surface area contributed by atoms with Gasteiger partial charge in [-0.1, -0.05) is 55.8 Å². The number of rotatable bonds is 6. The van der Waals surface area contributed by atoms with Gasteiger partial charge in [0, 0.05) is 19.5 Å². The van der Waals surface area contributed by atoms with E-state index in [2.05, 4.69) is 10.9 Å². The number of hydrazine groups is 1. The van der Waals surface area contributed by atoms with Crippen LogP contribution in [-0.2, 0) is 21.4 Å². The van der Waals surface area contributed by atoms with Crippen molar-refractivity contribution < 1.29 is 18.0 Å². The molecule has 9 heteroatoms. The fraction of sp³-hybridized carbons (Fsp3) is 0.263. The largest absolute Gasteiger partial charge is 0.273 e. The number of amides is 2. The van der Waals surface area contributed by atoms with Gasteiger partial charge in [-0.05, 0) is 23.8 Å². The third kappa shape index (κ3) is 5.31. The molecule has 0 bridgehead atoms. The van der Waals surface area contributed by atoms with Crippen LogP contribution < -0.4 is 10.9 Å². The molecule has 0 aliphatic rings. The molecule has 0 saturated carbocycles. The summed E-state index contributed by atoms with van der Waals surface area (Å²) >= 11 is 6.05. The van der Waals surface area contributed by atoms with E-state index in [1.807, 2.05) is 30.3 Å². The molecule has 0 fully saturated rings. The summed E-state index contributed by atoms with van der Waals surface area (Å²) in [6, 6.07) is 13.0. The van der Waals surface area contributed by atoms with Crippen molar-refractivity contribution in [3.8, 4) is 0 Å². The maximum Gasteiger partial charge on any atom is 0.271 e. The topological polar surface area (TPSA) is 95.6 Å². The molecule has 0 radical (unpaired) electrons. The van der Waals surface area contributed by atoms with Crippen molar-refractivity contribution in [3.05, 3.63) is 64.7 Å². The number of hydrogen-bond acceptors (Lipinski definition) is 4. The standard InChI is InChI=1S/C19H22ClN3O4S/c1-13(2)18(24)21-22-19(25)16-11-15(9-10-17(16)20)28(26,27)23(3)12-14-7-5-4-6-8-14/h4-11,13H,12H2,1-3H3,(H,21,24)(H,22,25). The number of benzene rings is 2. The van der Waals surface area contributed by atoms with Crippen LogP contribution in [0.2, 0.25) is 5.02 Å². The van der Waals surface area contributed by atoms with Gasteiger partial charge in [0.1, 0.15) is 0 Å². The molecule has 28 heavy (non-hydrogen) atoms. The Morgan fingerprint density at radius 3 is 2.32 bits per heavy atom. The van der Waals surface area contributed by atoms with Crippen molar-refractivity contribution in [1.29, 1.82) is 0 Å². The number of nitrogens with one attached hydrogen (secondary N) is 2. The zero-order valence-corrected chi connectivity index (χ0v) is 17.3. The first-order valence-electron chi connectivity index (χ1n) is 8.53. The summed E-state index contributed by atoms with van der Waals surface area (Å²) in [5.74, 6) is -1.41. The van der Waals surface area contributed by atoms with Crippen molar-refractivity contribution in [3.63, 3.8) is 0 Å². The van der Waals surface area contributed by atoms with E-state index in [1.54, 1.807) is 13.8 Å². The minimum absolute atomic E-state index is 0.0556. The SMILES string of the molecule is CC(C)C(=O)NNC(=O)c1cc(S(=O)(=O)N(C)Cc2ccccc2)ccc1Cl. The fourth-order valence-electron chi connectivity index (χ4n) is 2.27. The van der Waals surface area contributed by atoms with Gasteiger partial charge in [0.25, 0.3) is 5.91 Å². The summed E-state index contributed by atoms with van der Waals surface area (Å²) in [4.78, 5) is 23.8. The number of halogens is 1. The molecule has 2 rings (SSSR count). The normalized spacial score (nSPS) is 11.5. The molecule has 0 spiro atoms. The van der Waals surface area contributed by atoms with Crippen LogP contribution in [0.5, 0.6) is 0 Å². The van der Waals surface area contributed by atoms with Crippen molar-refractivity contribution >= 4 is 33.4 Å². The minimum Gasteiger partial charge on any atom is -0.273 e. The first-order chi connectivity index (χ1) is 13.1. The van der Waals surface area contributed by atoms with E-state index in [1.165, 1.54) is 29.6 Å². The van der Waals surface area contributed by atoms with E-state index in [0.717, 1.165) is 5.56 Å². The van der Waals surface area contributed by atoms with E-state index in [-0.39, 0.29) is 33.9 Å². The Morgan fingerprint density at radius 1 is 1.07 bits per heavy atom. The Bertz CT molecular complexity index is 962. The van der Waals surface area contributed by atoms with Gasteiger partial charge < -0.3 is 0 Å². The summed E-state index contributed by atoms with van der Waals surface area (Å²) in [7, 11) is -2.39. The molecular formula is C19H22ClN3O4S. The third-order valence-electron chi connectivity index (χ3n) is 3.96. The summed E-state index contributed by atoms with van der Waals surface area (Å²) in [5.41, 5.74) is 5.28. The molecule has 2 aromatic rings. The Labute approximate surface area is 169 Å². The van der Waals surface area contributed by atoms with Gasteiger partial charge in [0.15, 0.2) is 0 Å². The monoisotopic (exact) mass is 423 g/mol. The molecule has 0 aliphatic carbocycles. The summed E-state index contributed by atoms with van der Waals surface area (Å²) < 4.78 is 26.9. The lowest BCUT2D eigenvalue weighted by Gasteiger charge is -2.18. The smallest absolute Gasteiger partial charge is 0.271 e. The number of carbonyl (C=O) groups excluding carboxylic acids is 2. The average molecular weight is 424 g/mol. The van der Waals surface area contributed by atoms with Crippen molar-refractivity contribution in [2.45, 2.75) is 25.3 Å². The predicted molar refractivity (Wildman–Crippen MR) is 107 cm³/mol. The number of nitrogens with zero attached hydrogens (tertiary/aromatic N) is 1. The molecule has 0 aliphatic heterocycles. The Balaban J connectivity index is 2.22. The molecule has 0 unspecified atom stereocenters. The third-order valence-corrected chi connectivity index (χ3v) is 6.09. The zero-order valence-electron chi connectivity index (χ0n) is 15.8. The van der Waals surface area contributed by atoms with Crippen molar-refractivity contribution in [2.75, 3.05) is 7.05 Å². The number of hydrogen-bond donors (Lipinski definition) is 2. The average Bonchev–Trinajstić information content (AvgIpc) is 2.66. The second-order valence-corrected chi connectivity index (χ2v) is 8.94. The lowest BCUT2D eigenvalue weighted by molar-refractivity contribution is -0.124. The van der Waals surface area contributed by atoms with Gasteiger partial charge in [0.2, 0.25) is 15.9 Å². The van der Waals surface area contributed by atoms with E-state index in [9.17, 15) is 18.0 Å². The summed E-state index contributed by atoms with van der Waals surface area (Å²) in [6.45, 7) is 3.52. The molecular weight excluding hydrogens is 402 g/mol. The molecule has 2 amide bonds. The van der Waals surface area contributed by atoms with Crippen LogP contribution in [0, 0.1) is 5.92 Å².